The van der Waals surface area contributed by atoms with Gasteiger partial charge in [0.05, 0.1) is 5.56 Å². The average molecular weight is 463 g/mol. The highest BCUT2D eigenvalue weighted by Crippen LogP contribution is 2.37. The Morgan fingerprint density at radius 1 is 1.06 bits per heavy atom. The molecule has 9 nitrogen and oxygen atoms in total. The van der Waals surface area contributed by atoms with E-state index < -0.39 is 19.8 Å². The fourth-order valence-corrected chi connectivity index (χ4v) is 3.62. The summed E-state index contributed by atoms with van der Waals surface area (Å²) in [5, 5.41) is 5.71. The summed E-state index contributed by atoms with van der Waals surface area (Å²) < 4.78 is 15.5. The van der Waals surface area contributed by atoms with E-state index in [0.29, 0.717) is 17.0 Å². The standard InChI is InChI=1S/C22H30N3O6P/c1-14(2)11-16(4)24-22(27)20(25-21(26)18-8-5-15(3)23-13-18)12-17-6-9-19(10-7-17)31-32(28,29)30/h5-10,13-14,16,20H,11-12H2,1-4H3,(H,24,27)(H,25,26)(H2,28,29,30). The maximum atomic E-state index is 12.9. The number of phosphoric acid groups is 1. The van der Waals surface area contributed by atoms with Crippen LogP contribution in [-0.4, -0.2) is 38.7 Å². The van der Waals surface area contributed by atoms with Crippen LogP contribution in [0.15, 0.2) is 42.6 Å². The Bertz CT molecular complexity index is 957. The summed E-state index contributed by atoms with van der Waals surface area (Å²) in [7, 11) is -4.66. The first-order valence-corrected chi connectivity index (χ1v) is 11.8. The lowest BCUT2D eigenvalue weighted by Crippen LogP contribution is -2.50. The highest BCUT2D eigenvalue weighted by Gasteiger charge is 2.24. The maximum Gasteiger partial charge on any atom is 0.524 e. The van der Waals surface area contributed by atoms with Crippen LogP contribution in [0.5, 0.6) is 5.75 Å². The van der Waals surface area contributed by atoms with Crippen molar-refractivity contribution in [2.75, 3.05) is 0 Å². The number of pyridine rings is 1. The molecule has 0 radical (unpaired) electrons. The average Bonchev–Trinajstić information content (AvgIpc) is 2.67. The van der Waals surface area contributed by atoms with Gasteiger partial charge in [-0.2, -0.15) is 0 Å². The molecule has 1 aromatic carbocycles. The van der Waals surface area contributed by atoms with Crippen LogP contribution in [0.1, 0.15) is 48.8 Å². The van der Waals surface area contributed by atoms with E-state index in [1.165, 1.54) is 18.3 Å². The van der Waals surface area contributed by atoms with Crippen molar-refractivity contribution in [3.63, 3.8) is 0 Å². The van der Waals surface area contributed by atoms with Crippen molar-refractivity contribution >= 4 is 19.6 Å². The minimum atomic E-state index is -4.66. The van der Waals surface area contributed by atoms with Gasteiger partial charge in [-0.3, -0.25) is 24.4 Å². The summed E-state index contributed by atoms with van der Waals surface area (Å²) in [4.78, 5) is 47.6. The van der Waals surface area contributed by atoms with Crippen LogP contribution >= 0.6 is 7.82 Å². The van der Waals surface area contributed by atoms with Crippen LogP contribution in [0.4, 0.5) is 0 Å². The molecule has 0 aliphatic heterocycles. The van der Waals surface area contributed by atoms with Gasteiger partial charge in [-0.1, -0.05) is 26.0 Å². The fraction of sp³-hybridized carbons (Fsp3) is 0.409. The summed E-state index contributed by atoms with van der Waals surface area (Å²) in [5.74, 6) is -0.334. The number of carbonyl (C=O) groups is 2. The van der Waals surface area contributed by atoms with Gasteiger partial charge in [-0.05, 0) is 56.0 Å². The molecule has 2 aromatic rings. The molecule has 0 fully saturated rings. The first-order chi connectivity index (χ1) is 14.9. The third-order valence-corrected chi connectivity index (χ3v) is 5.05. The van der Waals surface area contributed by atoms with Crippen LogP contribution in [0.25, 0.3) is 0 Å². The molecule has 10 heteroatoms. The monoisotopic (exact) mass is 463 g/mol. The van der Waals surface area contributed by atoms with Gasteiger partial charge in [-0.15, -0.1) is 0 Å². The molecule has 0 aliphatic carbocycles. The van der Waals surface area contributed by atoms with Crippen LogP contribution in [0.2, 0.25) is 0 Å². The molecule has 0 saturated heterocycles. The predicted octanol–water partition coefficient (Wildman–Crippen LogP) is 2.75. The topological polar surface area (TPSA) is 138 Å². The molecule has 32 heavy (non-hydrogen) atoms. The molecular weight excluding hydrogens is 433 g/mol. The normalized spacial score (nSPS) is 13.3. The van der Waals surface area contributed by atoms with E-state index in [4.69, 9.17) is 9.79 Å². The lowest BCUT2D eigenvalue weighted by Gasteiger charge is -2.22. The first kappa shape index (κ1) is 25.5. The van der Waals surface area contributed by atoms with Gasteiger partial charge in [-0.25, -0.2) is 4.57 Å². The second-order valence-corrected chi connectivity index (χ2v) is 9.35. The number of aryl methyl sites for hydroxylation is 1. The van der Waals surface area contributed by atoms with E-state index in [-0.39, 0.29) is 24.1 Å². The second kappa shape index (κ2) is 11.2. The Morgan fingerprint density at radius 2 is 1.72 bits per heavy atom. The lowest BCUT2D eigenvalue weighted by atomic mass is 10.0. The Morgan fingerprint density at radius 3 is 2.25 bits per heavy atom. The summed E-state index contributed by atoms with van der Waals surface area (Å²) in [5.41, 5.74) is 1.80. The van der Waals surface area contributed by atoms with E-state index in [0.717, 1.165) is 12.1 Å². The Balaban J connectivity index is 2.17. The van der Waals surface area contributed by atoms with Gasteiger partial charge in [0.1, 0.15) is 11.8 Å². The van der Waals surface area contributed by atoms with Crippen LogP contribution in [-0.2, 0) is 15.8 Å². The Hall–Kier alpha value is -2.74. The smallest absolute Gasteiger partial charge is 0.404 e. The lowest BCUT2D eigenvalue weighted by molar-refractivity contribution is -0.123. The Labute approximate surface area is 187 Å². The fourth-order valence-electron chi connectivity index (χ4n) is 3.22. The summed E-state index contributed by atoms with van der Waals surface area (Å²) >= 11 is 0. The number of nitrogens with one attached hydrogen (secondary N) is 2. The van der Waals surface area contributed by atoms with Crippen molar-refractivity contribution in [1.29, 1.82) is 0 Å². The highest BCUT2D eigenvalue weighted by molar-refractivity contribution is 7.46. The van der Waals surface area contributed by atoms with E-state index in [1.807, 2.05) is 13.8 Å². The summed E-state index contributed by atoms with van der Waals surface area (Å²) in [6, 6.07) is 8.41. The predicted molar refractivity (Wildman–Crippen MR) is 120 cm³/mol. The van der Waals surface area contributed by atoms with E-state index >= 15 is 0 Å². The van der Waals surface area contributed by atoms with Gasteiger partial charge >= 0.3 is 7.82 Å². The number of hydrogen-bond donors (Lipinski definition) is 4. The minimum Gasteiger partial charge on any atom is -0.404 e. The van der Waals surface area contributed by atoms with Crippen molar-refractivity contribution < 1.29 is 28.5 Å². The number of benzene rings is 1. The number of aromatic nitrogens is 1. The maximum absolute atomic E-state index is 12.9. The summed E-state index contributed by atoms with van der Waals surface area (Å²) in [6.45, 7) is 7.85. The van der Waals surface area contributed by atoms with Crippen molar-refractivity contribution in [3.8, 4) is 5.75 Å². The molecule has 2 unspecified atom stereocenters. The van der Waals surface area contributed by atoms with Crippen molar-refractivity contribution in [2.45, 2.75) is 52.6 Å². The largest absolute Gasteiger partial charge is 0.524 e. The molecule has 2 rings (SSSR count). The molecule has 0 aliphatic rings. The van der Waals surface area contributed by atoms with Gasteiger partial charge in [0.15, 0.2) is 0 Å². The molecule has 2 amide bonds. The third kappa shape index (κ3) is 8.78. The molecule has 1 heterocycles. The molecule has 0 spiro atoms. The van der Waals surface area contributed by atoms with Crippen molar-refractivity contribution in [2.24, 2.45) is 5.92 Å². The van der Waals surface area contributed by atoms with Crippen LogP contribution < -0.4 is 15.2 Å². The Kier molecular flexibility index (Phi) is 8.95. The molecule has 0 bridgehead atoms. The van der Waals surface area contributed by atoms with E-state index in [2.05, 4.69) is 34.0 Å². The van der Waals surface area contributed by atoms with Gasteiger partial charge in [0.2, 0.25) is 5.91 Å². The zero-order chi connectivity index (χ0) is 23.9. The third-order valence-electron chi connectivity index (χ3n) is 4.60. The zero-order valence-corrected chi connectivity index (χ0v) is 19.5. The molecule has 0 saturated carbocycles. The molecule has 174 valence electrons. The van der Waals surface area contributed by atoms with Crippen LogP contribution in [0.3, 0.4) is 0 Å². The molecular formula is C22H30N3O6P. The first-order valence-electron chi connectivity index (χ1n) is 10.3. The van der Waals surface area contributed by atoms with Crippen molar-refractivity contribution in [3.05, 3.63) is 59.4 Å². The highest BCUT2D eigenvalue weighted by atomic mass is 31.2. The SMILES string of the molecule is Cc1ccc(C(=O)NC(Cc2ccc(OP(=O)(O)O)cc2)C(=O)NC(C)CC(C)C)cn1. The van der Waals surface area contributed by atoms with Gasteiger partial charge < -0.3 is 15.2 Å². The number of amides is 2. The zero-order valence-electron chi connectivity index (χ0n) is 18.6. The molecule has 4 N–H and O–H groups in total. The molecule has 1 aromatic heterocycles. The van der Waals surface area contributed by atoms with Gasteiger partial charge in [0.25, 0.3) is 5.91 Å². The van der Waals surface area contributed by atoms with Crippen molar-refractivity contribution in [1.82, 2.24) is 15.6 Å². The van der Waals surface area contributed by atoms with E-state index in [9.17, 15) is 14.2 Å². The van der Waals surface area contributed by atoms with Crippen LogP contribution in [0, 0.1) is 12.8 Å². The van der Waals surface area contributed by atoms with Gasteiger partial charge in [0, 0.05) is 24.4 Å². The van der Waals surface area contributed by atoms with E-state index in [1.54, 1.807) is 24.3 Å². The number of phosphoric ester groups is 1. The number of nitrogens with zero attached hydrogens (tertiary/aromatic N) is 1. The summed E-state index contributed by atoms with van der Waals surface area (Å²) in [6.07, 6.45) is 2.43. The quantitative estimate of drug-likeness (QED) is 0.398. The number of hydrogen-bond acceptors (Lipinski definition) is 5. The molecule has 2 atom stereocenters. The second-order valence-electron chi connectivity index (χ2n) is 8.18. The number of carbonyl (C=O) groups excluding carboxylic acids is 2. The number of rotatable bonds is 10. The minimum absolute atomic E-state index is 0.00315.